The van der Waals surface area contributed by atoms with Gasteiger partial charge in [-0.15, -0.1) is 0 Å². The molecule has 2 heterocycles. The van der Waals surface area contributed by atoms with Crippen LogP contribution in [0.1, 0.15) is 32.2 Å². The van der Waals surface area contributed by atoms with Crippen LogP contribution in [0.2, 0.25) is 0 Å². The Morgan fingerprint density at radius 1 is 1.32 bits per heavy atom. The lowest BCUT2D eigenvalue weighted by atomic mass is 9.92. The van der Waals surface area contributed by atoms with Gasteiger partial charge in [0.2, 0.25) is 5.60 Å². The molecule has 0 saturated carbocycles. The van der Waals surface area contributed by atoms with Crippen molar-refractivity contribution in [2.24, 2.45) is 10.7 Å². The summed E-state index contributed by atoms with van der Waals surface area (Å²) in [6.07, 6.45) is -4.32. The van der Waals surface area contributed by atoms with Gasteiger partial charge in [-0.05, 0) is 45.0 Å². The van der Waals surface area contributed by atoms with Crippen LogP contribution in [0.3, 0.4) is 0 Å². The van der Waals surface area contributed by atoms with Gasteiger partial charge < -0.3 is 34.9 Å². The number of amidine groups is 1. The molecule has 0 aliphatic carbocycles. The lowest BCUT2D eigenvalue weighted by Gasteiger charge is -2.28. The average Bonchev–Trinajstić information content (AvgIpc) is 3.47. The van der Waals surface area contributed by atoms with Gasteiger partial charge in [0, 0.05) is 0 Å². The summed E-state index contributed by atoms with van der Waals surface area (Å²) in [6, 6.07) is 10.7. The number of aliphatic hydroxyl groups is 2. The van der Waals surface area contributed by atoms with Crippen molar-refractivity contribution in [2.75, 3.05) is 6.61 Å². The molecule has 0 bridgehead atoms. The van der Waals surface area contributed by atoms with E-state index < -0.39 is 56.1 Å². The van der Waals surface area contributed by atoms with E-state index in [1.54, 1.807) is 38.1 Å². The van der Waals surface area contributed by atoms with E-state index in [2.05, 4.69) is 15.1 Å². The summed E-state index contributed by atoms with van der Waals surface area (Å²) in [5, 5.41) is 40.6. The molecule has 0 radical (unpaired) electrons. The molecule has 0 spiro atoms. The predicted molar refractivity (Wildman–Crippen MR) is 139 cm³/mol. The molecule has 14 nitrogen and oxygen atoms in total. The molecular formula is C24H30FN6O8P. The van der Waals surface area contributed by atoms with Crippen LogP contribution in [-0.2, 0) is 29.0 Å². The van der Waals surface area contributed by atoms with Crippen molar-refractivity contribution in [1.29, 1.82) is 10.7 Å². The molecule has 40 heavy (non-hydrogen) atoms. The van der Waals surface area contributed by atoms with Crippen molar-refractivity contribution in [1.82, 2.24) is 10.1 Å². The lowest BCUT2D eigenvalue weighted by Crippen LogP contribution is -2.44. The molecule has 1 unspecified atom stereocenters. The van der Waals surface area contributed by atoms with Crippen LogP contribution < -0.4 is 15.3 Å². The van der Waals surface area contributed by atoms with Crippen LogP contribution in [0.4, 0.5) is 4.39 Å². The maximum Gasteiger partial charge on any atom is 0.459 e. The summed E-state index contributed by atoms with van der Waals surface area (Å²) in [7, 11) is -4.58. The number of nitrogens with two attached hydrogens (primary N) is 1. The van der Waals surface area contributed by atoms with E-state index in [1.165, 1.54) is 31.2 Å². The number of aromatic amines is 1. The summed E-state index contributed by atoms with van der Waals surface area (Å²) in [4.78, 5) is 18.5. The van der Waals surface area contributed by atoms with Gasteiger partial charge in [0.25, 0.3) is 5.85 Å². The Morgan fingerprint density at radius 3 is 2.60 bits per heavy atom. The fourth-order valence-corrected chi connectivity index (χ4v) is 5.24. The number of hydrogen-bond donors (Lipinski definition) is 6. The molecule has 1 aliphatic heterocycles. The Balaban J connectivity index is 1.88. The molecule has 1 saturated heterocycles. The number of benzene rings is 1. The van der Waals surface area contributed by atoms with Crippen molar-refractivity contribution in [3.05, 3.63) is 53.9 Å². The quantitative estimate of drug-likeness (QED) is 0.0914. The van der Waals surface area contributed by atoms with Gasteiger partial charge in [0.1, 0.15) is 48.8 Å². The molecule has 7 N–H and O–H groups in total. The molecule has 1 aromatic heterocycles. The van der Waals surface area contributed by atoms with Crippen LogP contribution in [0.25, 0.3) is 0 Å². The fraction of sp³-hybridized carbons (Fsp3) is 0.417. The van der Waals surface area contributed by atoms with Crippen LogP contribution >= 0.6 is 7.75 Å². The standard InChI is InChI=1S/C24H30FN6O8P/c1-14(2)37-22(34)15(3)31-40(35,38-16-7-5-4-6-8-16)36-12-24(25)20(33)19(32)23(11-26,39-24)18-10-9-17(30-18)21(28)29-13-27/h4-10,13-15,19-20,30,32-33H,12H2,1-3H3,(H,31,35)(H3,27,28,29)/t15-,19-,20+,23+,24-,40?/m1/s1. The maximum absolute atomic E-state index is 16.1. The number of nitrogens with zero attached hydrogens (tertiary/aromatic N) is 2. The van der Waals surface area contributed by atoms with E-state index in [0.717, 1.165) is 0 Å². The number of ether oxygens (including phenoxy) is 2. The SMILES string of the molecule is CC(C)OC(=O)[C@@H](C)NP(=O)(OC[C@@]1(F)O[C@@](C#N)(c2ccc(C(N)=NC=N)[nH]2)[C@H](O)[C@@H]1O)Oc1ccccc1. The van der Waals surface area contributed by atoms with Crippen molar-refractivity contribution in [3.8, 4) is 11.8 Å². The Hall–Kier alpha value is -3.64. The number of aliphatic hydroxyl groups excluding tert-OH is 2. The first-order chi connectivity index (χ1) is 18.8. The van der Waals surface area contributed by atoms with Gasteiger partial charge in [-0.3, -0.25) is 14.7 Å². The maximum atomic E-state index is 16.1. The Morgan fingerprint density at radius 2 is 2.00 bits per heavy atom. The molecular weight excluding hydrogens is 550 g/mol. The molecule has 1 fully saturated rings. The van der Waals surface area contributed by atoms with E-state index in [4.69, 9.17) is 29.7 Å². The molecule has 1 aromatic carbocycles. The number of halogens is 1. The summed E-state index contributed by atoms with van der Waals surface area (Å²) in [6.45, 7) is 3.24. The van der Waals surface area contributed by atoms with Gasteiger partial charge in [-0.1, -0.05) is 18.2 Å². The van der Waals surface area contributed by atoms with Crippen LogP contribution in [0.15, 0.2) is 47.5 Å². The zero-order chi connectivity index (χ0) is 29.7. The van der Waals surface area contributed by atoms with Crippen molar-refractivity contribution < 1.29 is 42.5 Å². The first-order valence-electron chi connectivity index (χ1n) is 11.9. The van der Waals surface area contributed by atoms with E-state index in [-0.39, 0.29) is 23.0 Å². The largest absolute Gasteiger partial charge is 0.462 e. The van der Waals surface area contributed by atoms with Gasteiger partial charge >= 0.3 is 13.7 Å². The summed E-state index contributed by atoms with van der Waals surface area (Å²) in [5.41, 5.74) is 3.17. The second-order valence-electron chi connectivity index (χ2n) is 9.07. The highest BCUT2D eigenvalue weighted by Crippen LogP contribution is 2.50. The number of hydrogen-bond acceptors (Lipinski definition) is 10. The minimum absolute atomic E-state index is 0.0399. The molecule has 1 aliphatic rings. The van der Waals surface area contributed by atoms with Crippen molar-refractivity contribution in [2.45, 2.75) is 56.6 Å². The highest BCUT2D eigenvalue weighted by atomic mass is 31.2. The average molecular weight is 581 g/mol. The topological polar surface area (TPSA) is 225 Å². The smallest absolute Gasteiger partial charge is 0.459 e. The summed E-state index contributed by atoms with van der Waals surface area (Å²) in [5.74, 6) is -4.19. The minimum Gasteiger partial charge on any atom is -0.462 e. The number of nitrogens with one attached hydrogen (secondary N) is 3. The van der Waals surface area contributed by atoms with Gasteiger partial charge in [-0.25, -0.2) is 13.9 Å². The first kappa shape index (κ1) is 30.9. The third kappa shape index (κ3) is 6.56. The van der Waals surface area contributed by atoms with Crippen LogP contribution in [0.5, 0.6) is 5.75 Å². The predicted octanol–water partition coefficient (Wildman–Crippen LogP) is 1.60. The van der Waals surface area contributed by atoms with Crippen LogP contribution in [0, 0.1) is 16.7 Å². The molecule has 3 rings (SSSR count). The number of esters is 1. The number of rotatable bonds is 12. The highest BCUT2D eigenvalue weighted by Gasteiger charge is 2.66. The third-order valence-corrected chi connectivity index (χ3v) is 7.30. The number of nitriles is 1. The number of alkyl halides is 1. The number of H-pyrrole nitrogens is 1. The van der Waals surface area contributed by atoms with E-state index in [1.807, 2.05) is 0 Å². The molecule has 2 aromatic rings. The molecule has 0 amide bonds. The number of aliphatic imine (C=N–C) groups is 1. The lowest BCUT2D eigenvalue weighted by molar-refractivity contribution is -0.208. The van der Waals surface area contributed by atoms with Gasteiger partial charge in [0.15, 0.2) is 0 Å². The highest BCUT2D eigenvalue weighted by molar-refractivity contribution is 7.52. The zero-order valence-corrected chi connectivity index (χ0v) is 22.7. The number of carbonyl (C=O) groups is 1. The zero-order valence-electron chi connectivity index (χ0n) is 21.8. The van der Waals surface area contributed by atoms with Gasteiger partial charge in [-0.2, -0.15) is 10.3 Å². The first-order valence-corrected chi connectivity index (χ1v) is 13.5. The Bertz CT molecular complexity index is 1330. The third-order valence-electron chi connectivity index (χ3n) is 5.68. The summed E-state index contributed by atoms with van der Waals surface area (Å²) < 4.78 is 50.8. The number of aromatic nitrogens is 1. The Kier molecular flexibility index (Phi) is 9.47. The van der Waals surface area contributed by atoms with E-state index >= 15 is 4.39 Å². The Labute approximate surface area is 229 Å². The van der Waals surface area contributed by atoms with Gasteiger partial charge in [0.05, 0.1) is 17.5 Å². The second kappa shape index (κ2) is 12.3. The fourth-order valence-electron chi connectivity index (χ4n) is 3.73. The molecule has 216 valence electrons. The van der Waals surface area contributed by atoms with E-state index in [0.29, 0.717) is 6.34 Å². The van der Waals surface area contributed by atoms with Crippen molar-refractivity contribution in [3.63, 3.8) is 0 Å². The summed E-state index contributed by atoms with van der Waals surface area (Å²) >= 11 is 0. The molecule has 16 heteroatoms. The minimum atomic E-state index is -4.58. The molecule has 6 atom stereocenters. The van der Waals surface area contributed by atoms with E-state index in [9.17, 15) is 24.8 Å². The number of carbonyl (C=O) groups excluding carboxylic acids is 1. The second-order valence-corrected chi connectivity index (χ2v) is 10.8. The number of para-hydroxylation sites is 1. The normalized spacial score (nSPS) is 27.0. The van der Waals surface area contributed by atoms with Crippen molar-refractivity contribution >= 4 is 25.9 Å². The monoisotopic (exact) mass is 580 g/mol. The van der Waals surface area contributed by atoms with Crippen LogP contribution in [-0.4, -0.2) is 70.2 Å².